The van der Waals surface area contributed by atoms with Crippen LogP contribution in [0.4, 0.5) is 4.39 Å². The first-order valence-electron chi connectivity index (χ1n) is 4.65. The zero-order valence-electron chi connectivity index (χ0n) is 8.54. The van der Waals surface area contributed by atoms with Gasteiger partial charge in [0.2, 0.25) is 0 Å². The minimum Gasteiger partial charge on any atom is -0.484 e. The van der Waals surface area contributed by atoms with E-state index in [-0.39, 0.29) is 11.6 Å². The lowest BCUT2D eigenvalue weighted by molar-refractivity contribution is 0.248. The van der Waals surface area contributed by atoms with Gasteiger partial charge in [-0.05, 0) is 25.1 Å². The van der Waals surface area contributed by atoms with E-state index in [0.29, 0.717) is 11.5 Å². The van der Waals surface area contributed by atoms with Crippen molar-refractivity contribution in [3.05, 3.63) is 46.6 Å². The Morgan fingerprint density at radius 3 is 2.88 bits per heavy atom. The van der Waals surface area contributed by atoms with Gasteiger partial charge >= 0.3 is 0 Å². The van der Waals surface area contributed by atoms with Crippen molar-refractivity contribution in [1.82, 2.24) is 5.16 Å². The number of hydrogen-bond donors (Lipinski definition) is 0. The molecule has 0 fully saturated rings. The fraction of sp³-hybridized carbons (Fsp3) is 0.182. The number of hydrogen-bond acceptors (Lipinski definition) is 3. The lowest BCUT2D eigenvalue weighted by Crippen LogP contribution is -1.94. The Labute approximate surface area is 96.8 Å². The predicted molar refractivity (Wildman–Crippen MR) is 57.0 cm³/mol. The second-order valence-corrected chi connectivity index (χ2v) is 3.71. The van der Waals surface area contributed by atoms with Gasteiger partial charge in [0.25, 0.3) is 0 Å². The molecule has 0 spiro atoms. The highest BCUT2D eigenvalue weighted by Gasteiger charge is 2.05. The topological polar surface area (TPSA) is 35.3 Å². The number of nitrogens with zero attached hydrogens (tertiary/aromatic N) is 1. The van der Waals surface area contributed by atoms with Crippen LogP contribution in [0.2, 0.25) is 5.02 Å². The van der Waals surface area contributed by atoms with E-state index >= 15 is 0 Å². The van der Waals surface area contributed by atoms with Gasteiger partial charge in [0.05, 0.1) is 10.7 Å². The summed E-state index contributed by atoms with van der Waals surface area (Å²) in [5.74, 6) is 0.614. The van der Waals surface area contributed by atoms with E-state index in [1.165, 1.54) is 18.2 Å². The molecule has 0 saturated heterocycles. The smallest absolute Gasteiger partial charge is 0.174 e. The Bertz CT molecular complexity index is 498. The van der Waals surface area contributed by atoms with Crippen LogP contribution in [-0.4, -0.2) is 5.16 Å². The van der Waals surface area contributed by atoms with E-state index in [2.05, 4.69) is 5.16 Å². The van der Waals surface area contributed by atoms with Gasteiger partial charge < -0.3 is 9.26 Å². The molecule has 1 aromatic carbocycles. The van der Waals surface area contributed by atoms with Crippen molar-refractivity contribution in [2.75, 3.05) is 0 Å². The number of aryl methyl sites for hydroxylation is 1. The van der Waals surface area contributed by atoms with Crippen LogP contribution in [0, 0.1) is 12.7 Å². The van der Waals surface area contributed by atoms with Crippen LogP contribution in [0.25, 0.3) is 0 Å². The molecule has 0 aliphatic rings. The summed E-state index contributed by atoms with van der Waals surface area (Å²) in [4.78, 5) is 0. The molecule has 0 N–H and O–H groups in total. The van der Waals surface area contributed by atoms with E-state index in [9.17, 15) is 4.39 Å². The largest absolute Gasteiger partial charge is 0.484 e. The first-order chi connectivity index (χ1) is 7.65. The maximum absolute atomic E-state index is 12.7. The third kappa shape index (κ3) is 2.52. The van der Waals surface area contributed by atoms with Gasteiger partial charge in [-0.3, -0.25) is 0 Å². The summed E-state index contributed by atoms with van der Waals surface area (Å²) in [6.07, 6.45) is 0. The molecule has 0 bridgehead atoms. The molecule has 1 heterocycles. The predicted octanol–water partition coefficient (Wildman–Crippen LogP) is 3.35. The summed E-state index contributed by atoms with van der Waals surface area (Å²) >= 11 is 5.79. The van der Waals surface area contributed by atoms with Crippen LogP contribution in [0.3, 0.4) is 0 Å². The molecule has 84 valence electrons. The Balaban J connectivity index is 2.04. The molecular formula is C11H9ClFNO2. The molecule has 5 heteroatoms. The summed E-state index contributed by atoms with van der Waals surface area (Å²) in [7, 11) is 0. The number of rotatable bonds is 3. The van der Waals surface area contributed by atoms with E-state index in [1.807, 2.05) is 6.92 Å². The minimum absolute atomic E-state index is 0.214. The van der Waals surface area contributed by atoms with Crippen LogP contribution < -0.4 is 4.74 Å². The average molecular weight is 242 g/mol. The molecule has 0 saturated carbocycles. The zero-order valence-corrected chi connectivity index (χ0v) is 9.29. The lowest BCUT2D eigenvalue weighted by atomic mass is 10.3. The Morgan fingerprint density at radius 2 is 2.25 bits per heavy atom. The van der Waals surface area contributed by atoms with Crippen molar-refractivity contribution in [2.24, 2.45) is 0 Å². The Hall–Kier alpha value is -1.55. The first kappa shape index (κ1) is 11.0. The van der Waals surface area contributed by atoms with Gasteiger partial charge in [-0.1, -0.05) is 16.8 Å². The summed E-state index contributed by atoms with van der Waals surface area (Å²) in [6.45, 7) is 2.03. The van der Waals surface area contributed by atoms with Crippen molar-refractivity contribution in [3.63, 3.8) is 0 Å². The summed E-state index contributed by atoms with van der Waals surface area (Å²) in [6, 6.07) is 5.72. The number of aromatic nitrogens is 1. The molecule has 0 aliphatic heterocycles. The monoisotopic (exact) mass is 241 g/mol. The molecular weight excluding hydrogens is 233 g/mol. The highest BCUT2D eigenvalue weighted by Crippen LogP contribution is 2.25. The van der Waals surface area contributed by atoms with Crippen molar-refractivity contribution >= 4 is 11.6 Å². The number of ether oxygens (including phenoxy) is 1. The van der Waals surface area contributed by atoms with Crippen LogP contribution in [0.1, 0.15) is 11.5 Å². The molecule has 2 rings (SSSR count). The van der Waals surface area contributed by atoms with E-state index in [1.54, 1.807) is 6.07 Å². The Morgan fingerprint density at radius 1 is 1.44 bits per heavy atom. The van der Waals surface area contributed by atoms with Crippen molar-refractivity contribution in [2.45, 2.75) is 13.5 Å². The molecule has 0 aliphatic carbocycles. The second kappa shape index (κ2) is 4.53. The van der Waals surface area contributed by atoms with Gasteiger partial charge in [-0.15, -0.1) is 0 Å². The third-order valence-corrected chi connectivity index (χ3v) is 2.24. The van der Waals surface area contributed by atoms with Crippen molar-refractivity contribution in [3.8, 4) is 5.75 Å². The fourth-order valence-corrected chi connectivity index (χ4v) is 1.45. The van der Waals surface area contributed by atoms with Gasteiger partial charge in [0.15, 0.2) is 5.76 Å². The molecule has 0 amide bonds. The van der Waals surface area contributed by atoms with E-state index in [0.717, 1.165) is 5.69 Å². The van der Waals surface area contributed by atoms with Crippen molar-refractivity contribution in [1.29, 1.82) is 0 Å². The molecule has 0 radical (unpaired) electrons. The summed E-state index contributed by atoms with van der Waals surface area (Å²) in [5, 5.41) is 3.95. The van der Waals surface area contributed by atoms with Gasteiger partial charge in [0, 0.05) is 6.07 Å². The quantitative estimate of drug-likeness (QED) is 0.827. The SMILES string of the molecule is Cc1cc(COc2ccc(F)cc2Cl)on1. The summed E-state index contributed by atoms with van der Waals surface area (Å²) < 4.78 is 23.1. The van der Waals surface area contributed by atoms with Gasteiger partial charge in [0.1, 0.15) is 18.2 Å². The van der Waals surface area contributed by atoms with Gasteiger partial charge in [-0.2, -0.15) is 0 Å². The van der Waals surface area contributed by atoms with Crippen LogP contribution in [0.15, 0.2) is 28.8 Å². The molecule has 16 heavy (non-hydrogen) atoms. The molecule has 0 atom stereocenters. The first-order valence-corrected chi connectivity index (χ1v) is 5.03. The molecule has 1 aromatic heterocycles. The van der Waals surface area contributed by atoms with Gasteiger partial charge in [-0.25, -0.2) is 4.39 Å². The second-order valence-electron chi connectivity index (χ2n) is 3.30. The standard InChI is InChI=1S/C11H9ClFNO2/c1-7-4-9(16-14-7)6-15-11-3-2-8(13)5-10(11)12/h2-5H,6H2,1H3. The molecule has 0 unspecified atom stereocenters. The van der Waals surface area contributed by atoms with E-state index < -0.39 is 5.82 Å². The normalized spacial score (nSPS) is 10.4. The summed E-state index contributed by atoms with van der Waals surface area (Å²) in [5.41, 5.74) is 0.781. The van der Waals surface area contributed by atoms with E-state index in [4.69, 9.17) is 20.9 Å². The van der Waals surface area contributed by atoms with Crippen LogP contribution in [0.5, 0.6) is 5.75 Å². The fourth-order valence-electron chi connectivity index (χ4n) is 1.23. The zero-order chi connectivity index (χ0) is 11.5. The molecule has 2 aromatic rings. The maximum Gasteiger partial charge on any atom is 0.174 e. The van der Waals surface area contributed by atoms with Crippen LogP contribution in [-0.2, 0) is 6.61 Å². The highest BCUT2D eigenvalue weighted by molar-refractivity contribution is 6.32. The number of halogens is 2. The third-order valence-electron chi connectivity index (χ3n) is 1.94. The van der Waals surface area contributed by atoms with Crippen molar-refractivity contribution < 1.29 is 13.7 Å². The highest BCUT2D eigenvalue weighted by atomic mass is 35.5. The van der Waals surface area contributed by atoms with Crippen LogP contribution >= 0.6 is 11.6 Å². The number of benzene rings is 1. The lowest BCUT2D eigenvalue weighted by Gasteiger charge is -2.05. The maximum atomic E-state index is 12.7. The molecule has 3 nitrogen and oxygen atoms in total. The minimum atomic E-state index is -0.396. The Kier molecular flexibility index (Phi) is 3.10. The average Bonchev–Trinajstić information content (AvgIpc) is 2.63.